The topological polar surface area (TPSA) is 48.0 Å². The van der Waals surface area contributed by atoms with Gasteiger partial charge in [-0.2, -0.15) is 0 Å². The van der Waals surface area contributed by atoms with Crippen LogP contribution < -0.4 is 19.1 Å². The summed E-state index contributed by atoms with van der Waals surface area (Å²) in [5.41, 5.74) is 1.54. The van der Waals surface area contributed by atoms with Crippen molar-refractivity contribution in [2.45, 2.75) is 0 Å². The Bertz CT molecular complexity index is 960. The summed E-state index contributed by atoms with van der Waals surface area (Å²) in [5.74, 6) is 1.85. The average molecular weight is 450 g/mol. The second-order valence-electron chi connectivity index (χ2n) is 5.45. The van der Waals surface area contributed by atoms with Crippen molar-refractivity contribution < 1.29 is 19.0 Å². The van der Waals surface area contributed by atoms with Crippen LogP contribution in [0.3, 0.4) is 0 Å². The van der Waals surface area contributed by atoms with Gasteiger partial charge in [-0.3, -0.25) is 9.69 Å². The Balaban J connectivity index is 1.64. The number of halogens is 1. The van der Waals surface area contributed by atoms with Crippen LogP contribution in [0.1, 0.15) is 5.56 Å². The summed E-state index contributed by atoms with van der Waals surface area (Å²) in [6, 6.07) is 11.0. The monoisotopic (exact) mass is 449 g/mol. The van der Waals surface area contributed by atoms with Gasteiger partial charge in [0.15, 0.2) is 15.8 Å². The molecule has 1 amide bonds. The highest BCUT2D eigenvalue weighted by Gasteiger charge is 2.34. The maximum Gasteiger partial charge on any atom is 0.270 e. The SMILES string of the molecule is COc1ccc(/C=C2/SC(=S)N(c3ccc4c(c3)OCO4)C2=O)cc1Br. The van der Waals surface area contributed by atoms with Crippen LogP contribution in [0.15, 0.2) is 45.8 Å². The van der Waals surface area contributed by atoms with Crippen molar-refractivity contribution in [3.05, 3.63) is 51.3 Å². The van der Waals surface area contributed by atoms with Gasteiger partial charge in [0.1, 0.15) is 5.75 Å². The maximum atomic E-state index is 12.9. The molecule has 2 aromatic rings. The lowest BCUT2D eigenvalue weighted by atomic mass is 10.2. The largest absolute Gasteiger partial charge is 0.496 e. The lowest BCUT2D eigenvalue weighted by Gasteiger charge is -2.14. The van der Waals surface area contributed by atoms with Gasteiger partial charge in [-0.25, -0.2) is 0 Å². The van der Waals surface area contributed by atoms with Crippen molar-refractivity contribution in [3.8, 4) is 17.2 Å². The van der Waals surface area contributed by atoms with Crippen molar-refractivity contribution in [3.63, 3.8) is 0 Å². The van der Waals surface area contributed by atoms with Crippen LogP contribution in [0.4, 0.5) is 5.69 Å². The first-order chi connectivity index (χ1) is 12.6. The summed E-state index contributed by atoms with van der Waals surface area (Å²) in [5, 5.41) is 0. The van der Waals surface area contributed by atoms with Gasteiger partial charge < -0.3 is 14.2 Å². The van der Waals surface area contributed by atoms with Crippen molar-refractivity contribution in [1.29, 1.82) is 0 Å². The molecule has 2 aliphatic rings. The highest BCUT2D eigenvalue weighted by atomic mass is 79.9. The Morgan fingerprint density at radius 3 is 2.81 bits per heavy atom. The van der Waals surface area contributed by atoms with E-state index in [2.05, 4.69) is 15.9 Å². The van der Waals surface area contributed by atoms with E-state index in [0.717, 1.165) is 15.8 Å². The fourth-order valence-electron chi connectivity index (χ4n) is 2.64. The number of ether oxygens (including phenoxy) is 3. The summed E-state index contributed by atoms with van der Waals surface area (Å²) < 4.78 is 17.2. The predicted octanol–water partition coefficient (Wildman–Crippen LogP) is 4.59. The van der Waals surface area contributed by atoms with Crippen LogP contribution in [0, 0.1) is 0 Å². The lowest BCUT2D eigenvalue weighted by Crippen LogP contribution is -2.27. The number of carbonyl (C=O) groups is 1. The number of carbonyl (C=O) groups excluding carboxylic acids is 1. The number of thioether (sulfide) groups is 1. The second kappa shape index (κ2) is 6.94. The molecule has 0 bridgehead atoms. The third kappa shape index (κ3) is 3.08. The van der Waals surface area contributed by atoms with Gasteiger partial charge in [-0.1, -0.05) is 30.0 Å². The minimum atomic E-state index is -0.161. The average Bonchev–Trinajstić information content (AvgIpc) is 3.19. The van der Waals surface area contributed by atoms with Crippen LogP contribution in [0.25, 0.3) is 6.08 Å². The van der Waals surface area contributed by atoms with Gasteiger partial charge >= 0.3 is 0 Å². The smallest absolute Gasteiger partial charge is 0.270 e. The number of methoxy groups -OCH3 is 1. The molecule has 1 saturated heterocycles. The van der Waals surface area contributed by atoms with Gasteiger partial charge in [0, 0.05) is 6.07 Å². The number of thiocarbonyl (C=S) groups is 1. The Hall–Kier alpha value is -2.03. The molecule has 2 aliphatic heterocycles. The van der Waals surface area contributed by atoms with E-state index in [1.807, 2.05) is 24.3 Å². The highest BCUT2D eigenvalue weighted by molar-refractivity contribution is 9.10. The zero-order valence-electron chi connectivity index (χ0n) is 13.5. The number of hydrogen-bond donors (Lipinski definition) is 0. The Kier molecular flexibility index (Phi) is 4.64. The molecule has 4 rings (SSSR count). The molecule has 132 valence electrons. The molecule has 0 atom stereocenters. The van der Waals surface area contributed by atoms with E-state index < -0.39 is 0 Å². The van der Waals surface area contributed by atoms with Crippen LogP contribution in [0.5, 0.6) is 17.2 Å². The number of nitrogens with zero attached hydrogens (tertiary/aromatic N) is 1. The molecule has 0 spiro atoms. The first-order valence-electron chi connectivity index (χ1n) is 7.58. The molecular formula is C18H12BrNO4S2. The molecule has 8 heteroatoms. The van der Waals surface area contributed by atoms with Crippen LogP contribution >= 0.6 is 39.9 Å². The molecule has 0 saturated carbocycles. The summed E-state index contributed by atoms with van der Waals surface area (Å²) in [6.07, 6.45) is 1.82. The van der Waals surface area contributed by atoms with Crippen molar-refractivity contribution in [2.24, 2.45) is 0 Å². The number of anilines is 1. The van der Waals surface area contributed by atoms with Gasteiger partial charge in [0.2, 0.25) is 6.79 Å². The van der Waals surface area contributed by atoms with Gasteiger partial charge in [0.25, 0.3) is 5.91 Å². The number of hydrogen-bond acceptors (Lipinski definition) is 6. The first kappa shape index (κ1) is 17.4. The summed E-state index contributed by atoms with van der Waals surface area (Å²) >= 11 is 10.1. The van der Waals surface area contributed by atoms with Gasteiger partial charge in [0.05, 0.1) is 22.2 Å². The van der Waals surface area contributed by atoms with Crippen LogP contribution in [0.2, 0.25) is 0 Å². The third-order valence-electron chi connectivity index (χ3n) is 3.88. The zero-order valence-corrected chi connectivity index (χ0v) is 16.7. The van der Waals surface area contributed by atoms with Gasteiger partial charge in [-0.05, 0) is 51.8 Å². The molecule has 5 nitrogen and oxygen atoms in total. The van der Waals surface area contributed by atoms with Crippen molar-refractivity contribution in [2.75, 3.05) is 18.8 Å². The Morgan fingerprint density at radius 2 is 2.04 bits per heavy atom. The Labute approximate surface area is 168 Å². The fourth-order valence-corrected chi connectivity index (χ4v) is 4.50. The number of amides is 1. The van der Waals surface area contributed by atoms with E-state index >= 15 is 0 Å². The van der Waals surface area contributed by atoms with E-state index in [1.165, 1.54) is 16.7 Å². The first-order valence-corrected chi connectivity index (χ1v) is 9.60. The van der Waals surface area contributed by atoms with E-state index in [-0.39, 0.29) is 12.7 Å². The molecule has 2 aromatic carbocycles. The highest BCUT2D eigenvalue weighted by Crippen LogP contribution is 2.41. The number of rotatable bonds is 3. The molecule has 0 aliphatic carbocycles. The quantitative estimate of drug-likeness (QED) is 0.504. The molecule has 1 fully saturated rings. The molecular weight excluding hydrogens is 438 g/mol. The Morgan fingerprint density at radius 1 is 1.23 bits per heavy atom. The molecule has 0 aromatic heterocycles. The summed E-state index contributed by atoms with van der Waals surface area (Å²) in [4.78, 5) is 14.9. The summed E-state index contributed by atoms with van der Waals surface area (Å²) in [6.45, 7) is 0.184. The zero-order chi connectivity index (χ0) is 18.3. The molecule has 0 radical (unpaired) electrons. The van der Waals surface area contributed by atoms with Crippen molar-refractivity contribution >= 4 is 61.9 Å². The van der Waals surface area contributed by atoms with E-state index in [9.17, 15) is 4.79 Å². The molecule has 0 N–H and O–H groups in total. The van der Waals surface area contributed by atoms with E-state index in [0.29, 0.717) is 26.4 Å². The van der Waals surface area contributed by atoms with Crippen molar-refractivity contribution in [1.82, 2.24) is 0 Å². The fraction of sp³-hybridized carbons (Fsp3) is 0.111. The van der Waals surface area contributed by atoms with E-state index in [4.69, 9.17) is 26.4 Å². The molecule has 2 heterocycles. The van der Waals surface area contributed by atoms with E-state index in [1.54, 1.807) is 25.3 Å². The minimum absolute atomic E-state index is 0.161. The number of benzene rings is 2. The molecule has 26 heavy (non-hydrogen) atoms. The predicted molar refractivity (Wildman–Crippen MR) is 109 cm³/mol. The lowest BCUT2D eigenvalue weighted by molar-refractivity contribution is -0.113. The number of fused-ring (bicyclic) bond motifs is 1. The van der Waals surface area contributed by atoms with Gasteiger partial charge in [-0.15, -0.1) is 0 Å². The third-order valence-corrected chi connectivity index (χ3v) is 5.80. The van der Waals surface area contributed by atoms with Crippen LogP contribution in [-0.2, 0) is 4.79 Å². The normalized spacial score (nSPS) is 17.3. The molecule has 0 unspecified atom stereocenters. The standard InChI is InChI=1S/C18H12BrNO4S2/c1-22-13-4-2-10(6-12(13)19)7-16-17(21)20(18(25)26-16)11-3-5-14-15(8-11)24-9-23-14/h2-8H,9H2,1H3/b16-7+. The minimum Gasteiger partial charge on any atom is -0.496 e. The second-order valence-corrected chi connectivity index (χ2v) is 7.98. The summed E-state index contributed by atoms with van der Waals surface area (Å²) in [7, 11) is 1.61. The maximum absolute atomic E-state index is 12.9. The van der Waals surface area contributed by atoms with Crippen LogP contribution in [-0.4, -0.2) is 24.1 Å².